The lowest BCUT2D eigenvalue weighted by Gasteiger charge is -2.15. The summed E-state index contributed by atoms with van der Waals surface area (Å²) in [5, 5.41) is 13.9. The average molecular weight is 420 g/mol. The largest absolute Gasteiger partial charge is 0.402 e. The Balaban J connectivity index is 2.01. The lowest BCUT2D eigenvalue weighted by atomic mass is 9.91. The monoisotopic (exact) mass is 419 g/mol. The first-order valence-corrected chi connectivity index (χ1v) is 11.0. The fourth-order valence-electron chi connectivity index (χ4n) is 3.55. The van der Waals surface area contributed by atoms with Crippen LogP contribution in [-0.2, 0) is 10.0 Å². The van der Waals surface area contributed by atoms with Crippen LogP contribution >= 0.6 is 0 Å². The Labute approximate surface area is 177 Å². The summed E-state index contributed by atoms with van der Waals surface area (Å²) in [5.74, 6) is 0. The van der Waals surface area contributed by atoms with Gasteiger partial charge in [0.15, 0.2) is 0 Å². The van der Waals surface area contributed by atoms with Gasteiger partial charge in [-0.3, -0.25) is 5.41 Å². The Kier molecular flexibility index (Phi) is 5.92. The van der Waals surface area contributed by atoms with Crippen LogP contribution in [0.1, 0.15) is 29.2 Å². The van der Waals surface area contributed by atoms with Crippen molar-refractivity contribution in [1.29, 1.82) is 5.41 Å². The molecule has 0 heterocycles. The van der Waals surface area contributed by atoms with Crippen LogP contribution in [-0.4, -0.2) is 14.1 Å². The summed E-state index contributed by atoms with van der Waals surface area (Å²) in [4.78, 5) is 0.139. The Hall–Kier alpha value is -3.22. The minimum atomic E-state index is -3.76. The Morgan fingerprint density at radius 2 is 1.43 bits per heavy atom. The summed E-state index contributed by atoms with van der Waals surface area (Å²) >= 11 is 0. The molecule has 0 unspecified atom stereocenters. The lowest BCUT2D eigenvalue weighted by Crippen LogP contribution is -2.14. The first kappa shape index (κ1) is 21.5. The molecule has 5 N–H and O–H groups in total. The zero-order valence-electron chi connectivity index (χ0n) is 17.2. The zero-order chi connectivity index (χ0) is 22.1. The van der Waals surface area contributed by atoms with Crippen LogP contribution in [0, 0.1) is 19.3 Å². The maximum Gasteiger partial charge on any atom is 0.238 e. The van der Waals surface area contributed by atoms with Crippen molar-refractivity contribution < 1.29 is 8.42 Å². The second-order valence-corrected chi connectivity index (χ2v) is 8.81. The van der Waals surface area contributed by atoms with Crippen LogP contribution in [0.3, 0.4) is 0 Å². The molecule has 3 rings (SSSR count). The topological polar surface area (TPSA) is 110 Å². The van der Waals surface area contributed by atoms with E-state index in [-0.39, 0.29) is 4.90 Å². The van der Waals surface area contributed by atoms with Crippen LogP contribution in [0.4, 0.5) is 0 Å². The molecule has 3 aromatic rings. The van der Waals surface area contributed by atoms with Gasteiger partial charge in [0.1, 0.15) is 0 Å². The van der Waals surface area contributed by atoms with Crippen LogP contribution in [0.15, 0.2) is 77.3 Å². The molecule has 0 aromatic heterocycles. The van der Waals surface area contributed by atoms with Gasteiger partial charge in [0.2, 0.25) is 10.0 Å². The van der Waals surface area contributed by atoms with Crippen molar-refractivity contribution in [1.82, 2.24) is 0 Å². The fraction of sp³-hybridized carbons (Fsp3) is 0.125. The predicted octanol–water partition coefficient (Wildman–Crippen LogP) is 4.38. The first-order valence-electron chi connectivity index (χ1n) is 9.45. The predicted molar refractivity (Wildman–Crippen MR) is 123 cm³/mol. The van der Waals surface area contributed by atoms with E-state index in [1.807, 2.05) is 61.5 Å². The van der Waals surface area contributed by atoms with E-state index in [0.29, 0.717) is 22.5 Å². The molecule has 0 radical (unpaired) electrons. The minimum absolute atomic E-state index is 0.139. The normalized spacial score (nSPS) is 12.4. The maximum atomic E-state index is 11.8. The van der Waals surface area contributed by atoms with Crippen molar-refractivity contribution in [3.63, 3.8) is 0 Å². The molecule has 0 aliphatic carbocycles. The number of hydrogen-bond acceptors (Lipinski definition) is 4. The van der Waals surface area contributed by atoms with Gasteiger partial charge in [-0.25, -0.2) is 13.6 Å². The molecule has 0 saturated carbocycles. The molecule has 0 amide bonds. The van der Waals surface area contributed by atoms with Gasteiger partial charge in [-0.05, 0) is 54.7 Å². The van der Waals surface area contributed by atoms with Crippen molar-refractivity contribution in [3.05, 3.63) is 94.7 Å². The highest BCUT2D eigenvalue weighted by molar-refractivity contribution is 7.89. The van der Waals surface area contributed by atoms with Crippen LogP contribution in [0.25, 0.3) is 16.7 Å². The molecule has 3 aromatic carbocycles. The summed E-state index contributed by atoms with van der Waals surface area (Å²) in [7, 11) is -3.76. The number of hydrogen-bond donors (Lipinski definition) is 3. The quantitative estimate of drug-likeness (QED) is 0.534. The van der Waals surface area contributed by atoms with E-state index in [0.717, 1.165) is 27.8 Å². The summed E-state index contributed by atoms with van der Waals surface area (Å²) in [5.41, 5.74) is 12.8. The smallest absolute Gasteiger partial charge is 0.238 e. The highest BCUT2D eigenvalue weighted by Crippen LogP contribution is 2.31. The standard InChI is InChI=1S/C24H25N3O2S/c1-15-16(2)22(30(27,28)29)14-13-21(15)18-9-11-19(12-10-18)23(17(3)25)24(26)20-7-5-4-6-8-20/h4-14,26H,25H2,1-3H3,(H2,27,28,29)/b23-17-,26-24?. The van der Waals surface area contributed by atoms with Crippen molar-refractivity contribution in [2.75, 3.05) is 0 Å². The Bertz CT molecular complexity index is 1240. The van der Waals surface area contributed by atoms with Gasteiger partial charge in [0.25, 0.3) is 0 Å². The third-order valence-electron chi connectivity index (χ3n) is 5.24. The van der Waals surface area contributed by atoms with E-state index in [2.05, 4.69) is 0 Å². The highest BCUT2D eigenvalue weighted by Gasteiger charge is 2.17. The molecule has 0 spiro atoms. The molecular formula is C24H25N3O2S. The minimum Gasteiger partial charge on any atom is -0.402 e. The summed E-state index contributed by atoms with van der Waals surface area (Å²) in [6.07, 6.45) is 0. The molecule has 0 atom stereocenters. The van der Waals surface area contributed by atoms with Gasteiger partial charge in [-0.15, -0.1) is 0 Å². The second-order valence-electron chi connectivity index (χ2n) is 7.28. The molecule has 6 heteroatoms. The van der Waals surface area contributed by atoms with Gasteiger partial charge in [-0.2, -0.15) is 0 Å². The number of nitrogens with one attached hydrogen (secondary N) is 1. The van der Waals surface area contributed by atoms with Crippen molar-refractivity contribution in [3.8, 4) is 11.1 Å². The van der Waals surface area contributed by atoms with E-state index in [1.54, 1.807) is 26.0 Å². The number of allylic oxidation sites excluding steroid dienone is 2. The van der Waals surface area contributed by atoms with E-state index in [9.17, 15) is 8.42 Å². The summed E-state index contributed by atoms with van der Waals surface area (Å²) in [6, 6.07) is 20.6. The molecule has 154 valence electrons. The number of rotatable bonds is 5. The van der Waals surface area contributed by atoms with Crippen LogP contribution in [0.2, 0.25) is 0 Å². The molecular weight excluding hydrogens is 394 g/mol. The SMILES string of the molecule is C/C(N)=C(/C(=N)c1ccccc1)c1ccc(-c2ccc(S(N)(=O)=O)c(C)c2C)cc1. The average Bonchev–Trinajstić information content (AvgIpc) is 2.70. The third kappa shape index (κ3) is 4.20. The van der Waals surface area contributed by atoms with Crippen LogP contribution < -0.4 is 10.9 Å². The summed E-state index contributed by atoms with van der Waals surface area (Å²) < 4.78 is 23.5. The van der Waals surface area contributed by atoms with Crippen molar-refractivity contribution >= 4 is 21.3 Å². The molecule has 0 fully saturated rings. The number of sulfonamides is 1. The number of benzene rings is 3. The molecule has 0 bridgehead atoms. The van der Waals surface area contributed by atoms with Crippen molar-refractivity contribution in [2.24, 2.45) is 10.9 Å². The van der Waals surface area contributed by atoms with E-state index in [1.165, 1.54) is 0 Å². The zero-order valence-corrected chi connectivity index (χ0v) is 18.0. The maximum absolute atomic E-state index is 11.8. The fourth-order valence-corrected chi connectivity index (χ4v) is 4.39. The third-order valence-corrected chi connectivity index (χ3v) is 6.29. The molecule has 0 aliphatic heterocycles. The lowest BCUT2D eigenvalue weighted by molar-refractivity contribution is 0.597. The van der Waals surface area contributed by atoms with E-state index >= 15 is 0 Å². The molecule has 30 heavy (non-hydrogen) atoms. The molecule has 0 saturated heterocycles. The Morgan fingerprint density at radius 3 is 1.97 bits per heavy atom. The van der Waals surface area contributed by atoms with Gasteiger partial charge in [0.05, 0.1) is 10.6 Å². The first-order chi connectivity index (χ1) is 14.1. The number of primary sulfonamides is 1. The van der Waals surface area contributed by atoms with Crippen molar-refractivity contribution in [2.45, 2.75) is 25.7 Å². The molecule has 5 nitrogen and oxygen atoms in total. The van der Waals surface area contributed by atoms with Gasteiger partial charge in [-0.1, -0.05) is 60.7 Å². The van der Waals surface area contributed by atoms with E-state index in [4.69, 9.17) is 16.3 Å². The molecule has 0 aliphatic rings. The highest BCUT2D eigenvalue weighted by atomic mass is 32.2. The number of nitrogens with two attached hydrogens (primary N) is 2. The second kappa shape index (κ2) is 8.26. The Morgan fingerprint density at radius 1 is 0.833 bits per heavy atom. The summed E-state index contributed by atoms with van der Waals surface area (Å²) in [6.45, 7) is 5.43. The van der Waals surface area contributed by atoms with Gasteiger partial charge in [0, 0.05) is 16.8 Å². The van der Waals surface area contributed by atoms with Crippen LogP contribution in [0.5, 0.6) is 0 Å². The van der Waals surface area contributed by atoms with Gasteiger partial charge < -0.3 is 5.73 Å². The van der Waals surface area contributed by atoms with Gasteiger partial charge >= 0.3 is 0 Å². The van der Waals surface area contributed by atoms with E-state index < -0.39 is 10.0 Å².